The Morgan fingerprint density at radius 1 is 1.70 bits per heavy atom. The van der Waals surface area contributed by atoms with Crippen LogP contribution < -0.4 is 15.9 Å². The molecule has 9 nitrogen and oxygen atoms in total. The largest absolute Gasteiger partial charge is 0.494 e. The van der Waals surface area contributed by atoms with E-state index in [2.05, 4.69) is 10.5 Å². The minimum atomic E-state index is -0.659. The Morgan fingerprint density at radius 2 is 2.35 bits per heavy atom. The molecule has 0 aliphatic heterocycles. The van der Waals surface area contributed by atoms with E-state index in [-0.39, 0.29) is 27.9 Å². The molecule has 0 aliphatic rings. The molecule has 4 N–H and O–H groups in total. The van der Waals surface area contributed by atoms with Crippen LogP contribution in [0.25, 0.3) is 0 Å². The van der Waals surface area contributed by atoms with Crippen molar-refractivity contribution in [3.63, 3.8) is 0 Å². The molecule has 0 aromatic heterocycles. The molecule has 0 atom stereocenters. The van der Waals surface area contributed by atoms with Crippen molar-refractivity contribution in [3.8, 4) is 11.8 Å². The normalized spacial score (nSPS) is 10.6. The van der Waals surface area contributed by atoms with Crippen molar-refractivity contribution < 1.29 is 9.66 Å². The van der Waals surface area contributed by atoms with Crippen LogP contribution in [0.2, 0.25) is 5.02 Å². The lowest BCUT2D eigenvalue weighted by atomic mass is 10.2. The Balaban J connectivity index is 3.20. The number of hydrogen-bond donors (Lipinski definition) is 3. The summed E-state index contributed by atoms with van der Waals surface area (Å²) in [6.45, 7) is 0. The summed E-state index contributed by atoms with van der Waals surface area (Å²) in [4.78, 5) is 10.1. The monoisotopic (exact) mass is 296 g/mol. The minimum Gasteiger partial charge on any atom is -0.494 e. The highest BCUT2D eigenvalue weighted by Gasteiger charge is 2.17. The summed E-state index contributed by atoms with van der Waals surface area (Å²) in [5, 5.41) is 30.0. The topological polar surface area (TPSA) is 150 Å². The molecule has 1 aromatic rings. The molecule has 0 bridgehead atoms. The fourth-order valence-corrected chi connectivity index (χ4v) is 1.43. The lowest BCUT2D eigenvalue weighted by Gasteiger charge is -2.08. The number of nitro groups is 1. The van der Waals surface area contributed by atoms with Gasteiger partial charge in [0.1, 0.15) is 16.8 Å². The van der Waals surface area contributed by atoms with E-state index in [0.717, 1.165) is 6.07 Å². The van der Waals surface area contributed by atoms with Crippen molar-refractivity contribution in [3.05, 3.63) is 27.3 Å². The molecular formula is C10H9ClN6O3. The number of rotatable bonds is 5. The number of methoxy groups -OCH3 is 1. The van der Waals surface area contributed by atoms with Crippen LogP contribution in [-0.4, -0.2) is 23.6 Å². The van der Waals surface area contributed by atoms with Crippen molar-refractivity contribution in [2.24, 2.45) is 10.8 Å². The summed E-state index contributed by atoms with van der Waals surface area (Å²) in [5.74, 6) is -0.419. The Hall–Kier alpha value is -2.86. The second kappa shape index (κ2) is 6.35. The molecule has 10 heteroatoms. The van der Waals surface area contributed by atoms with Gasteiger partial charge in [0.05, 0.1) is 18.1 Å². The predicted octanol–water partition coefficient (Wildman–Crippen LogP) is 1.48. The SMILES string of the molecule is COc1cc([N+](=O)[O-])c(Cl)cc1N/N=C(\C#N)C(=N)N. The first-order chi connectivity index (χ1) is 9.40. The summed E-state index contributed by atoms with van der Waals surface area (Å²) >= 11 is 5.75. The number of nitriles is 1. The standard InChI is InChI=1S/C10H9ClN6O3/c1-20-9-3-8(17(18)19)5(11)2-6(9)15-16-7(4-12)10(13)14/h2-3,15H,1H3,(H3,13,14)/b16-7+. The number of benzene rings is 1. The zero-order valence-electron chi connectivity index (χ0n) is 10.2. The number of hydrazone groups is 1. The summed E-state index contributed by atoms with van der Waals surface area (Å²) in [6, 6.07) is 3.94. The molecule has 1 aromatic carbocycles. The Morgan fingerprint density at radius 3 is 2.80 bits per heavy atom. The number of nitrogens with two attached hydrogens (primary N) is 1. The first-order valence-electron chi connectivity index (χ1n) is 5.00. The van der Waals surface area contributed by atoms with Gasteiger partial charge in [-0.25, -0.2) is 0 Å². The van der Waals surface area contributed by atoms with Crippen LogP contribution in [0.4, 0.5) is 11.4 Å². The van der Waals surface area contributed by atoms with Crippen LogP contribution in [0, 0.1) is 26.9 Å². The quantitative estimate of drug-likeness (QED) is 0.324. The molecule has 20 heavy (non-hydrogen) atoms. The van der Waals surface area contributed by atoms with E-state index in [4.69, 9.17) is 32.7 Å². The van der Waals surface area contributed by atoms with E-state index in [1.54, 1.807) is 6.07 Å². The smallest absolute Gasteiger partial charge is 0.291 e. The lowest BCUT2D eigenvalue weighted by molar-refractivity contribution is -0.384. The van der Waals surface area contributed by atoms with Gasteiger partial charge in [-0.2, -0.15) is 10.4 Å². The number of hydrogen-bond acceptors (Lipinski definition) is 7. The van der Waals surface area contributed by atoms with Crippen molar-refractivity contribution in [2.75, 3.05) is 12.5 Å². The van der Waals surface area contributed by atoms with Crippen molar-refractivity contribution in [2.45, 2.75) is 0 Å². The third kappa shape index (κ3) is 3.33. The zero-order chi connectivity index (χ0) is 15.3. The van der Waals surface area contributed by atoms with Crippen molar-refractivity contribution >= 4 is 34.5 Å². The summed E-state index contributed by atoms with van der Waals surface area (Å²) in [6.07, 6.45) is 0. The van der Waals surface area contributed by atoms with E-state index in [9.17, 15) is 10.1 Å². The molecule has 0 amide bonds. The molecule has 0 saturated carbocycles. The number of nitrogens with one attached hydrogen (secondary N) is 2. The summed E-state index contributed by atoms with van der Waals surface area (Å²) < 4.78 is 4.95. The van der Waals surface area contributed by atoms with Gasteiger partial charge in [-0.15, -0.1) is 0 Å². The van der Waals surface area contributed by atoms with E-state index >= 15 is 0 Å². The number of nitro benzene ring substituents is 1. The van der Waals surface area contributed by atoms with Crippen LogP contribution in [0.1, 0.15) is 0 Å². The fourth-order valence-electron chi connectivity index (χ4n) is 1.20. The Bertz CT molecular complexity index is 637. The summed E-state index contributed by atoms with van der Waals surface area (Å²) in [5.41, 5.74) is 7.05. The Labute approximate surface area is 118 Å². The van der Waals surface area contributed by atoms with Gasteiger partial charge >= 0.3 is 0 Å². The highest BCUT2D eigenvalue weighted by molar-refractivity contribution is 6.45. The highest BCUT2D eigenvalue weighted by Crippen LogP contribution is 2.35. The van der Waals surface area contributed by atoms with Gasteiger partial charge in [0, 0.05) is 0 Å². The van der Waals surface area contributed by atoms with E-state index < -0.39 is 10.8 Å². The predicted molar refractivity (Wildman–Crippen MR) is 73.2 cm³/mol. The molecule has 0 saturated heterocycles. The number of nitrogens with zero attached hydrogens (tertiary/aromatic N) is 3. The van der Waals surface area contributed by atoms with Gasteiger partial charge in [-0.3, -0.25) is 20.9 Å². The number of anilines is 1. The molecule has 0 radical (unpaired) electrons. The van der Waals surface area contributed by atoms with Gasteiger partial charge in [0.2, 0.25) is 5.71 Å². The molecule has 0 aliphatic carbocycles. The van der Waals surface area contributed by atoms with Crippen LogP contribution >= 0.6 is 11.6 Å². The van der Waals surface area contributed by atoms with E-state index in [0.29, 0.717) is 0 Å². The second-order valence-corrected chi connectivity index (χ2v) is 3.77. The number of ether oxygens (including phenoxy) is 1. The van der Waals surface area contributed by atoms with E-state index in [1.165, 1.54) is 13.2 Å². The van der Waals surface area contributed by atoms with Crippen LogP contribution in [0.3, 0.4) is 0 Å². The first-order valence-corrected chi connectivity index (χ1v) is 5.38. The molecule has 0 unspecified atom stereocenters. The average Bonchev–Trinajstić information content (AvgIpc) is 2.38. The molecule has 104 valence electrons. The molecular weight excluding hydrogens is 288 g/mol. The van der Waals surface area contributed by atoms with Crippen molar-refractivity contribution in [1.29, 1.82) is 10.7 Å². The molecule has 0 spiro atoms. The van der Waals surface area contributed by atoms with Gasteiger partial charge in [0.15, 0.2) is 11.6 Å². The maximum Gasteiger partial charge on any atom is 0.291 e. The second-order valence-electron chi connectivity index (χ2n) is 3.36. The number of amidine groups is 1. The van der Waals surface area contributed by atoms with Gasteiger partial charge < -0.3 is 10.5 Å². The van der Waals surface area contributed by atoms with E-state index in [1.807, 2.05) is 0 Å². The van der Waals surface area contributed by atoms with Crippen LogP contribution in [0.5, 0.6) is 5.75 Å². The zero-order valence-corrected chi connectivity index (χ0v) is 10.9. The maximum absolute atomic E-state index is 10.7. The van der Waals surface area contributed by atoms with Crippen molar-refractivity contribution in [1.82, 2.24) is 0 Å². The third-order valence-electron chi connectivity index (χ3n) is 2.11. The van der Waals surface area contributed by atoms with Gasteiger partial charge in [-0.05, 0) is 6.07 Å². The maximum atomic E-state index is 10.7. The van der Waals surface area contributed by atoms with Gasteiger partial charge in [0.25, 0.3) is 5.69 Å². The molecule has 1 rings (SSSR count). The average molecular weight is 297 g/mol. The van der Waals surface area contributed by atoms with Crippen LogP contribution in [0.15, 0.2) is 17.2 Å². The first kappa shape index (κ1) is 15.2. The molecule has 0 heterocycles. The van der Waals surface area contributed by atoms with Crippen LogP contribution in [-0.2, 0) is 0 Å². The minimum absolute atomic E-state index is 0.102. The van der Waals surface area contributed by atoms with Gasteiger partial charge in [-0.1, -0.05) is 11.6 Å². The highest BCUT2D eigenvalue weighted by atomic mass is 35.5. The third-order valence-corrected chi connectivity index (χ3v) is 2.42. The molecule has 0 fully saturated rings. The Kier molecular flexibility index (Phi) is 4.82. The summed E-state index contributed by atoms with van der Waals surface area (Å²) in [7, 11) is 1.30. The lowest BCUT2D eigenvalue weighted by Crippen LogP contribution is -2.21. The number of halogens is 1. The fraction of sp³-hybridized carbons (Fsp3) is 0.100.